The van der Waals surface area contributed by atoms with Crippen LogP contribution in [0.5, 0.6) is 5.88 Å². The first-order chi connectivity index (χ1) is 17.7. The van der Waals surface area contributed by atoms with E-state index in [1.54, 1.807) is 12.1 Å². The van der Waals surface area contributed by atoms with E-state index in [0.717, 1.165) is 38.6 Å². The molecule has 4 aliphatic carbocycles. The third kappa shape index (κ3) is 5.68. The van der Waals surface area contributed by atoms with Crippen LogP contribution in [-0.4, -0.2) is 59.9 Å². The first-order valence-corrected chi connectivity index (χ1v) is 13.6. The summed E-state index contributed by atoms with van der Waals surface area (Å²) in [6, 6.07) is 3.47. The summed E-state index contributed by atoms with van der Waals surface area (Å²) in [5.41, 5.74) is -0.388. The molecule has 0 radical (unpaired) electrons. The van der Waals surface area contributed by atoms with Gasteiger partial charge in [0.05, 0.1) is 12.2 Å². The fourth-order valence-corrected chi connectivity index (χ4v) is 7.52. The summed E-state index contributed by atoms with van der Waals surface area (Å²) in [5, 5.41) is 12.4. The van der Waals surface area contributed by atoms with Crippen LogP contribution in [0.2, 0.25) is 0 Å². The lowest BCUT2D eigenvalue weighted by Gasteiger charge is -2.59. The summed E-state index contributed by atoms with van der Waals surface area (Å²) >= 11 is 0. The van der Waals surface area contributed by atoms with E-state index >= 15 is 0 Å². The van der Waals surface area contributed by atoms with E-state index < -0.39 is 18.2 Å². The zero-order chi connectivity index (χ0) is 26.2. The van der Waals surface area contributed by atoms with Crippen LogP contribution in [0.3, 0.4) is 0 Å². The van der Waals surface area contributed by atoms with Crippen molar-refractivity contribution in [2.45, 2.75) is 83.0 Å². The highest BCUT2D eigenvalue weighted by Gasteiger charge is 2.57. The largest absolute Gasteiger partial charge is 0.481 e. The molecule has 8 nitrogen and oxygen atoms in total. The van der Waals surface area contributed by atoms with Crippen LogP contribution in [0.4, 0.5) is 14.6 Å². The summed E-state index contributed by atoms with van der Waals surface area (Å²) in [5.74, 6) is 0.594. The van der Waals surface area contributed by atoms with E-state index in [0.29, 0.717) is 49.7 Å². The number of carboxylic acid groups (broad SMARTS) is 1. The van der Waals surface area contributed by atoms with Gasteiger partial charge in [0.1, 0.15) is 11.4 Å². The maximum Gasteiger partial charge on any atom is 0.345 e. The number of aliphatic carboxylic acids is 1. The molecule has 1 aliphatic heterocycles. The third-order valence-electron chi connectivity index (χ3n) is 8.69. The number of aromatic nitrogens is 1. The molecule has 2 N–H and O–H groups in total. The van der Waals surface area contributed by atoms with E-state index in [2.05, 4.69) is 15.2 Å². The summed E-state index contributed by atoms with van der Waals surface area (Å²) in [7, 11) is 0. The monoisotopic (exact) mass is 521 g/mol. The molecule has 204 valence electrons. The molecule has 1 amide bonds. The molecule has 2 unspecified atom stereocenters. The number of hydrogen-bond acceptors (Lipinski definition) is 6. The Hall–Kier alpha value is -2.49. The Balaban J connectivity index is 1.31. The van der Waals surface area contributed by atoms with Crippen molar-refractivity contribution in [2.24, 2.45) is 23.7 Å². The van der Waals surface area contributed by atoms with Crippen LogP contribution in [0.15, 0.2) is 12.1 Å². The van der Waals surface area contributed by atoms with E-state index in [-0.39, 0.29) is 42.0 Å². The van der Waals surface area contributed by atoms with Crippen LogP contribution in [-0.2, 0) is 9.53 Å². The minimum Gasteiger partial charge on any atom is -0.481 e. The van der Waals surface area contributed by atoms with Crippen molar-refractivity contribution in [1.29, 1.82) is 0 Å². The molecular weight excluding hydrogens is 484 g/mol. The molecule has 10 heteroatoms. The van der Waals surface area contributed by atoms with Gasteiger partial charge in [0.15, 0.2) is 0 Å². The normalized spacial score (nSPS) is 32.5. The first-order valence-electron chi connectivity index (χ1n) is 13.6. The number of pyridine rings is 1. The van der Waals surface area contributed by atoms with Gasteiger partial charge in [-0.05, 0) is 87.2 Å². The Morgan fingerprint density at radius 2 is 2.00 bits per heavy atom. The van der Waals surface area contributed by atoms with Gasteiger partial charge < -0.3 is 24.8 Å². The van der Waals surface area contributed by atoms with Gasteiger partial charge in [0.2, 0.25) is 5.88 Å². The summed E-state index contributed by atoms with van der Waals surface area (Å²) in [4.78, 5) is 31.4. The van der Waals surface area contributed by atoms with Crippen molar-refractivity contribution < 1.29 is 33.0 Å². The lowest BCUT2D eigenvalue weighted by Crippen LogP contribution is -2.62. The van der Waals surface area contributed by atoms with Gasteiger partial charge in [-0.25, -0.2) is 0 Å². The zero-order valence-electron chi connectivity index (χ0n) is 21.3. The second kappa shape index (κ2) is 10.7. The van der Waals surface area contributed by atoms with E-state index in [1.165, 1.54) is 0 Å². The molecule has 6 rings (SSSR count). The standard InChI is InChI=1S/C27H37F2N3O5/c1-2-8-36-25-20(5-6-21(30-25)32-7-3-4-16(15-32)11-22(33)34)24(35)31-23-18-9-17-10-19(23)14-27(12-17,13-18)37-26(28)29/h5-6,16-19,23,26H,2-4,7-15H2,1H3,(H,31,35)(H,33,34)/t16-,17?,18?,19?,23-,27+/m0/s1. The van der Waals surface area contributed by atoms with E-state index in [9.17, 15) is 23.5 Å². The Labute approximate surface area is 216 Å². The SMILES string of the molecule is CCCOc1nc(N2CCC[C@@H](CC(=O)O)C2)ccc1C(=O)N[C@H]1C2CC3CC1C[C@@](OC(F)F)(C3)C2. The first kappa shape index (κ1) is 26.1. The molecule has 4 bridgehead atoms. The van der Waals surface area contributed by atoms with Gasteiger partial charge in [-0.15, -0.1) is 0 Å². The Bertz CT molecular complexity index is 988. The lowest BCUT2D eigenvalue weighted by atomic mass is 9.52. The number of nitrogens with one attached hydrogen (secondary N) is 1. The van der Waals surface area contributed by atoms with Gasteiger partial charge in [-0.3, -0.25) is 9.59 Å². The minimum atomic E-state index is -2.77. The highest BCUT2D eigenvalue weighted by molar-refractivity contribution is 5.97. The van der Waals surface area contributed by atoms with Crippen molar-refractivity contribution in [3.8, 4) is 5.88 Å². The molecule has 5 aliphatic rings. The number of ether oxygens (including phenoxy) is 2. The van der Waals surface area contributed by atoms with Gasteiger partial charge in [-0.1, -0.05) is 6.92 Å². The van der Waals surface area contributed by atoms with Gasteiger partial charge >= 0.3 is 12.6 Å². The lowest BCUT2D eigenvalue weighted by molar-refractivity contribution is -0.260. The second-order valence-corrected chi connectivity index (χ2v) is 11.5. The summed E-state index contributed by atoms with van der Waals surface area (Å²) in [6.45, 7) is 1.01. The van der Waals surface area contributed by atoms with E-state index in [1.807, 2.05) is 6.92 Å². The molecule has 2 heterocycles. The molecule has 1 aromatic heterocycles. The van der Waals surface area contributed by atoms with Crippen LogP contribution in [0.25, 0.3) is 0 Å². The average Bonchev–Trinajstić information content (AvgIpc) is 2.83. The van der Waals surface area contributed by atoms with Crippen molar-refractivity contribution in [3.63, 3.8) is 0 Å². The van der Waals surface area contributed by atoms with Crippen molar-refractivity contribution in [1.82, 2.24) is 10.3 Å². The predicted molar refractivity (Wildman–Crippen MR) is 132 cm³/mol. The van der Waals surface area contributed by atoms with Crippen molar-refractivity contribution in [3.05, 3.63) is 17.7 Å². The Morgan fingerprint density at radius 1 is 1.24 bits per heavy atom. The van der Waals surface area contributed by atoms with Gasteiger partial charge in [0.25, 0.3) is 5.91 Å². The number of piperidine rings is 1. The van der Waals surface area contributed by atoms with E-state index in [4.69, 9.17) is 9.47 Å². The Kier molecular flexibility index (Phi) is 7.56. The molecule has 0 spiro atoms. The third-order valence-corrected chi connectivity index (χ3v) is 8.69. The summed E-state index contributed by atoms with van der Waals surface area (Å²) in [6.07, 6.45) is 6.30. The number of carbonyl (C=O) groups excluding carboxylic acids is 1. The van der Waals surface area contributed by atoms with Crippen LogP contribution < -0.4 is 15.0 Å². The smallest absolute Gasteiger partial charge is 0.345 e. The molecule has 5 fully saturated rings. The molecule has 1 saturated heterocycles. The number of amides is 1. The maximum atomic E-state index is 13.5. The molecule has 37 heavy (non-hydrogen) atoms. The fourth-order valence-electron chi connectivity index (χ4n) is 7.52. The molecule has 4 saturated carbocycles. The molecule has 0 aromatic carbocycles. The highest BCUT2D eigenvalue weighted by Crippen LogP contribution is 2.57. The number of rotatable bonds is 10. The molecule has 1 aromatic rings. The van der Waals surface area contributed by atoms with Crippen LogP contribution >= 0.6 is 0 Å². The fraction of sp³-hybridized carbons (Fsp3) is 0.741. The Morgan fingerprint density at radius 3 is 2.68 bits per heavy atom. The van der Waals surface area contributed by atoms with Gasteiger partial charge in [0, 0.05) is 25.6 Å². The summed E-state index contributed by atoms with van der Waals surface area (Å²) < 4.78 is 37.3. The number of hydrogen-bond donors (Lipinski definition) is 2. The van der Waals surface area contributed by atoms with Gasteiger partial charge in [-0.2, -0.15) is 13.8 Å². The topological polar surface area (TPSA) is 101 Å². The molecule has 3 atom stereocenters. The number of alkyl halides is 2. The quantitative estimate of drug-likeness (QED) is 0.468. The van der Waals surface area contributed by atoms with Crippen molar-refractivity contribution in [2.75, 3.05) is 24.6 Å². The predicted octanol–water partition coefficient (Wildman–Crippen LogP) is 4.48. The molecular formula is C27H37F2N3O5. The van der Waals surface area contributed by atoms with Crippen LogP contribution in [0, 0.1) is 23.7 Å². The number of carbonyl (C=O) groups is 2. The number of anilines is 1. The zero-order valence-corrected chi connectivity index (χ0v) is 21.3. The number of carboxylic acids is 1. The van der Waals surface area contributed by atoms with Crippen LogP contribution in [0.1, 0.15) is 75.1 Å². The van der Waals surface area contributed by atoms with Crippen molar-refractivity contribution >= 4 is 17.7 Å². The second-order valence-electron chi connectivity index (χ2n) is 11.5. The number of halogens is 2. The maximum absolute atomic E-state index is 13.5. The average molecular weight is 522 g/mol. The highest BCUT2D eigenvalue weighted by atomic mass is 19.3. The number of nitrogens with zero attached hydrogens (tertiary/aromatic N) is 2. The minimum absolute atomic E-state index is 0.0605.